The standard InChI is InChI=1S/C23H27F3N2O4/c1-2-11-27(22(30)17-7-9-18(10-8-17)23(24,25)26)16-21(29)28(14-19-5-3-12-31-19)15-20-6-4-13-32-20/h3,5,7-10,12,20H,2,4,6,11,13-16H2,1H3. The van der Waals surface area contributed by atoms with Gasteiger partial charge in [0.2, 0.25) is 5.91 Å². The molecular weight excluding hydrogens is 425 g/mol. The molecule has 1 atom stereocenters. The number of alkyl halides is 3. The van der Waals surface area contributed by atoms with E-state index in [4.69, 9.17) is 9.15 Å². The third-order valence-electron chi connectivity index (χ3n) is 5.29. The summed E-state index contributed by atoms with van der Waals surface area (Å²) in [6.07, 6.45) is -0.632. The molecule has 0 spiro atoms. The fourth-order valence-corrected chi connectivity index (χ4v) is 3.65. The number of rotatable bonds is 9. The maximum atomic E-state index is 13.1. The minimum Gasteiger partial charge on any atom is -0.467 e. The number of carbonyl (C=O) groups is 2. The fourth-order valence-electron chi connectivity index (χ4n) is 3.65. The molecule has 6 nitrogen and oxygen atoms in total. The van der Waals surface area contributed by atoms with Gasteiger partial charge in [-0.15, -0.1) is 0 Å². The zero-order chi connectivity index (χ0) is 23.1. The van der Waals surface area contributed by atoms with Gasteiger partial charge in [-0.05, 0) is 55.7 Å². The van der Waals surface area contributed by atoms with Crippen LogP contribution in [0.4, 0.5) is 13.2 Å². The summed E-state index contributed by atoms with van der Waals surface area (Å²) in [6, 6.07) is 7.55. The Morgan fingerprint density at radius 2 is 1.88 bits per heavy atom. The van der Waals surface area contributed by atoms with E-state index < -0.39 is 17.6 Å². The quantitative estimate of drug-likeness (QED) is 0.567. The van der Waals surface area contributed by atoms with Crippen molar-refractivity contribution in [3.05, 3.63) is 59.5 Å². The third kappa shape index (κ3) is 6.35. The van der Waals surface area contributed by atoms with Crippen LogP contribution in [-0.4, -0.2) is 54.0 Å². The Bertz CT molecular complexity index is 876. The van der Waals surface area contributed by atoms with Gasteiger partial charge in [-0.1, -0.05) is 6.92 Å². The van der Waals surface area contributed by atoms with Gasteiger partial charge in [0.05, 0.1) is 24.5 Å². The fraction of sp³-hybridized carbons (Fsp3) is 0.478. The first-order chi connectivity index (χ1) is 15.3. The van der Waals surface area contributed by atoms with Crippen molar-refractivity contribution in [2.45, 2.75) is 45.0 Å². The normalized spacial score (nSPS) is 16.2. The maximum absolute atomic E-state index is 13.1. The van der Waals surface area contributed by atoms with E-state index in [0.29, 0.717) is 31.9 Å². The zero-order valence-electron chi connectivity index (χ0n) is 17.9. The van der Waals surface area contributed by atoms with Gasteiger partial charge in [0, 0.05) is 25.3 Å². The van der Waals surface area contributed by atoms with Crippen LogP contribution in [0.2, 0.25) is 0 Å². The van der Waals surface area contributed by atoms with Gasteiger partial charge in [-0.25, -0.2) is 0 Å². The Morgan fingerprint density at radius 1 is 1.12 bits per heavy atom. The van der Waals surface area contributed by atoms with E-state index in [1.54, 1.807) is 17.0 Å². The molecule has 3 rings (SSSR count). The van der Waals surface area contributed by atoms with Gasteiger partial charge >= 0.3 is 6.18 Å². The van der Waals surface area contributed by atoms with Gasteiger partial charge in [0.15, 0.2) is 0 Å². The van der Waals surface area contributed by atoms with Gasteiger partial charge in [0.1, 0.15) is 12.3 Å². The highest BCUT2D eigenvalue weighted by Gasteiger charge is 2.31. The average Bonchev–Trinajstić information content (AvgIpc) is 3.46. The number of ether oxygens (including phenoxy) is 1. The molecule has 1 aliphatic rings. The summed E-state index contributed by atoms with van der Waals surface area (Å²) in [5, 5.41) is 0. The molecule has 2 aromatic rings. The lowest BCUT2D eigenvalue weighted by Gasteiger charge is -2.28. The first-order valence-corrected chi connectivity index (χ1v) is 10.7. The van der Waals surface area contributed by atoms with Crippen molar-refractivity contribution >= 4 is 11.8 Å². The van der Waals surface area contributed by atoms with Crippen LogP contribution in [0.3, 0.4) is 0 Å². The average molecular weight is 452 g/mol. The molecule has 0 radical (unpaired) electrons. The van der Waals surface area contributed by atoms with Gasteiger partial charge in [0.25, 0.3) is 5.91 Å². The third-order valence-corrected chi connectivity index (χ3v) is 5.29. The second-order valence-corrected chi connectivity index (χ2v) is 7.79. The smallest absolute Gasteiger partial charge is 0.416 e. The van der Waals surface area contributed by atoms with Gasteiger partial charge in [-0.3, -0.25) is 9.59 Å². The van der Waals surface area contributed by atoms with E-state index in [1.807, 2.05) is 6.92 Å². The summed E-state index contributed by atoms with van der Waals surface area (Å²) in [4.78, 5) is 29.1. The lowest BCUT2D eigenvalue weighted by atomic mass is 10.1. The summed E-state index contributed by atoms with van der Waals surface area (Å²) < 4.78 is 49.5. The highest BCUT2D eigenvalue weighted by molar-refractivity contribution is 5.96. The molecule has 0 N–H and O–H groups in total. The van der Waals surface area contributed by atoms with E-state index in [2.05, 4.69) is 0 Å². The number of hydrogen-bond donors (Lipinski definition) is 0. The first-order valence-electron chi connectivity index (χ1n) is 10.7. The van der Waals surface area contributed by atoms with Crippen LogP contribution in [-0.2, 0) is 22.3 Å². The van der Waals surface area contributed by atoms with E-state index in [9.17, 15) is 22.8 Å². The van der Waals surface area contributed by atoms with E-state index in [1.165, 1.54) is 11.2 Å². The topological polar surface area (TPSA) is 63.0 Å². The molecule has 2 heterocycles. The van der Waals surface area contributed by atoms with Gasteiger partial charge in [-0.2, -0.15) is 13.2 Å². The van der Waals surface area contributed by atoms with E-state index in [0.717, 1.165) is 37.1 Å². The van der Waals surface area contributed by atoms with Crippen molar-refractivity contribution in [2.24, 2.45) is 0 Å². The molecule has 1 aromatic heterocycles. The Labute approximate surface area is 184 Å². The number of halogens is 3. The van der Waals surface area contributed by atoms with Gasteiger partial charge < -0.3 is 19.0 Å². The summed E-state index contributed by atoms with van der Waals surface area (Å²) in [7, 11) is 0. The number of nitrogens with zero attached hydrogens (tertiary/aromatic N) is 2. The van der Waals surface area contributed by atoms with Crippen molar-refractivity contribution in [1.82, 2.24) is 9.80 Å². The molecule has 0 aliphatic carbocycles. The highest BCUT2D eigenvalue weighted by Crippen LogP contribution is 2.29. The predicted octanol–water partition coefficient (Wildman–Crippen LogP) is 4.36. The lowest BCUT2D eigenvalue weighted by Crippen LogP contribution is -2.45. The molecular formula is C23H27F3N2O4. The van der Waals surface area contributed by atoms with Crippen molar-refractivity contribution in [3.8, 4) is 0 Å². The molecule has 1 saturated heterocycles. The predicted molar refractivity (Wildman–Crippen MR) is 111 cm³/mol. The van der Waals surface area contributed by atoms with Crippen LogP contribution in [0.15, 0.2) is 47.1 Å². The minimum atomic E-state index is -4.48. The number of amides is 2. The van der Waals surface area contributed by atoms with Crippen molar-refractivity contribution in [2.75, 3.05) is 26.2 Å². The van der Waals surface area contributed by atoms with Crippen LogP contribution in [0, 0.1) is 0 Å². The molecule has 1 aromatic carbocycles. The minimum absolute atomic E-state index is 0.0702. The summed E-state index contributed by atoms with van der Waals surface area (Å²) in [6.45, 7) is 3.28. The lowest BCUT2D eigenvalue weighted by molar-refractivity contribution is -0.137. The van der Waals surface area contributed by atoms with Crippen molar-refractivity contribution in [3.63, 3.8) is 0 Å². The molecule has 1 aliphatic heterocycles. The zero-order valence-corrected chi connectivity index (χ0v) is 17.9. The SMILES string of the molecule is CCCN(CC(=O)N(Cc1ccco1)CC1CCCO1)C(=O)c1ccc(C(F)(F)F)cc1. The van der Waals surface area contributed by atoms with Crippen LogP contribution in [0.25, 0.3) is 0 Å². The summed E-state index contributed by atoms with van der Waals surface area (Å²) >= 11 is 0. The molecule has 0 saturated carbocycles. The number of benzene rings is 1. The summed E-state index contributed by atoms with van der Waals surface area (Å²) in [5.74, 6) is -0.137. The second kappa shape index (κ2) is 10.7. The number of hydrogen-bond acceptors (Lipinski definition) is 4. The van der Waals surface area contributed by atoms with E-state index >= 15 is 0 Å². The second-order valence-electron chi connectivity index (χ2n) is 7.79. The molecule has 1 fully saturated rings. The Kier molecular flexibility index (Phi) is 7.95. The Balaban J connectivity index is 1.72. The Morgan fingerprint density at radius 3 is 2.44 bits per heavy atom. The van der Waals surface area contributed by atoms with Crippen LogP contribution < -0.4 is 0 Å². The van der Waals surface area contributed by atoms with Crippen LogP contribution in [0.5, 0.6) is 0 Å². The number of furan rings is 1. The van der Waals surface area contributed by atoms with Crippen LogP contribution in [0.1, 0.15) is 47.9 Å². The molecule has 2 amide bonds. The van der Waals surface area contributed by atoms with Crippen molar-refractivity contribution < 1.29 is 31.9 Å². The monoisotopic (exact) mass is 452 g/mol. The van der Waals surface area contributed by atoms with Crippen molar-refractivity contribution in [1.29, 1.82) is 0 Å². The molecule has 1 unspecified atom stereocenters. The number of carbonyl (C=O) groups excluding carboxylic acids is 2. The Hall–Kier alpha value is -2.81. The molecule has 9 heteroatoms. The largest absolute Gasteiger partial charge is 0.467 e. The molecule has 0 bridgehead atoms. The maximum Gasteiger partial charge on any atom is 0.416 e. The first kappa shape index (κ1) is 23.8. The van der Waals surface area contributed by atoms with Crippen LogP contribution >= 0.6 is 0 Å². The highest BCUT2D eigenvalue weighted by atomic mass is 19.4. The molecule has 174 valence electrons. The summed E-state index contributed by atoms with van der Waals surface area (Å²) in [5.41, 5.74) is -0.718. The molecule has 32 heavy (non-hydrogen) atoms. The van der Waals surface area contributed by atoms with E-state index in [-0.39, 0.29) is 30.7 Å².